The van der Waals surface area contributed by atoms with Crippen molar-refractivity contribution in [3.63, 3.8) is 0 Å². The highest BCUT2D eigenvalue weighted by Crippen LogP contribution is 1.98. The molecule has 0 atom stereocenters. The Labute approximate surface area is 99.4 Å². The van der Waals surface area contributed by atoms with Gasteiger partial charge < -0.3 is 43.7 Å². The first-order valence-corrected chi connectivity index (χ1v) is 3.67. The Morgan fingerprint density at radius 1 is 0.933 bits per heavy atom. The molecule has 0 spiro atoms. The Morgan fingerprint density at radius 3 is 1.07 bits per heavy atom. The molecule has 0 amide bonds. The maximum absolute atomic E-state index is 9.75. The molecule has 0 bridgehead atoms. The van der Waals surface area contributed by atoms with Gasteiger partial charge in [-0.2, -0.15) is 0 Å². The van der Waals surface area contributed by atoms with Crippen LogP contribution in [0.1, 0.15) is 0 Å². The predicted molar refractivity (Wildman–Crippen MR) is 60.6 cm³/mol. The van der Waals surface area contributed by atoms with Gasteiger partial charge in [0.15, 0.2) is 0 Å². The number of hydrogen-bond donors (Lipinski definition) is 8. The third-order valence-electron chi connectivity index (χ3n) is 0.434. The van der Waals surface area contributed by atoms with Crippen molar-refractivity contribution in [3.8, 4) is 0 Å². The van der Waals surface area contributed by atoms with E-state index in [1.54, 1.807) is 0 Å². The lowest BCUT2D eigenvalue weighted by atomic mass is 10.3. The van der Waals surface area contributed by atoms with Crippen molar-refractivity contribution >= 4 is 41.9 Å². The molecule has 14 N–H and O–H groups in total. The maximum atomic E-state index is 9.75. The summed E-state index contributed by atoms with van der Waals surface area (Å²) in [7, 11) is -2.17. The van der Waals surface area contributed by atoms with Gasteiger partial charge in [0.05, 0.1) is 0 Å². The van der Waals surface area contributed by atoms with E-state index in [2.05, 4.69) is 0 Å². The molecule has 0 aromatic heterocycles. The second kappa shape index (κ2) is 15.9. The van der Waals surface area contributed by atoms with Gasteiger partial charge in [0.2, 0.25) is 3.92 Å². The molecule has 0 aromatic carbocycles. The zero-order valence-electron chi connectivity index (χ0n) is 7.71. The molecule has 94 valence electrons. The van der Waals surface area contributed by atoms with Gasteiger partial charge >= 0.3 is 19.3 Å². The molecule has 0 radical (unpaired) electrons. The molecule has 0 aliphatic rings. The van der Waals surface area contributed by atoms with Crippen molar-refractivity contribution in [1.29, 1.82) is 0 Å². The maximum Gasteiger partial charge on any atom is 0.631 e. The highest BCUT2D eigenvalue weighted by molar-refractivity contribution is 14.1. The van der Waals surface area contributed by atoms with Crippen LogP contribution in [0.15, 0.2) is 0 Å². The summed E-state index contributed by atoms with van der Waals surface area (Å²) < 4.78 is -1.33. The summed E-state index contributed by atoms with van der Waals surface area (Å²) in [5.41, 5.74) is 0. The summed E-state index contributed by atoms with van der Waals surface area (Å²) in [6, 6.07) is 0. The second-order valence-corrected chi connectivity index (χ2v) is 2.63. The molecule has 0 unspecified atom stereocenters. The first-order chi connectivity index (χ1) is 5.29. The van der Waals surface area contributed by atoms with Gasteiger partial charge in [-0.1, -0.05) is 22.6 Å². The number of carboxylic acid groups (broad SMARTS) is 2. The minimum atomic E-state index is -2.17. The first-order valence-electron chi connectivity index (χ1n) is 2.43. The average molecular weight is 343 g/mol. The summed E-state index contributed by atoms with van der Waals surface area (Å²) in [4.78, 5) is 19.5. The molecule has 0 aliphatic carbocycles. The molecular weight excluding hydrogens is 328 g/mol. The Morgan fingerprint density at radius 2 is 1.07 bits per heavy atom. The predicted octanol–water partition coefficient (Wildman–Crippen LogP) is -1.61. The molecule has 0 fully saturated rings. The van der Waals surface area contributed by atoms with E-state index in [0.717, 1.165) is 0 Å². The molecule has 10 nitrogen and oxygen atoms in total. The lowest BCUT2D eigenvalue weighted by Crippen LogP contribution is -2.22. The van der Waals surface area contributed by atoms with Crippen molar-refractivity contribution < 1.29 is 34.9 Å². The van der Waals surface area contributed by atoms with Crippen LogP contribution in [-0.2, 0) is 9.59 Å². The van der Waals surface area contributed by atoms with Crippen LogP contribution in [0.3, 0.4) is 0 Å². The van der Waals surface area contributed by atoms with Crippen LogP contribution in [0.2, 0.25) is 0 Å². The van der Waals surface area contributed by atoms with E-state index >= 15 is 0 Å². The lowest BCUT2D eigenvalue weighted by Gasteiger charge is -1.92. The van der Waals surface area contributed by atoms with Crippen molar-refractivity contribution in [3.05, 3.63) is 0 Å². The van der Waals surface area contributed by atoms with Crippen LogP contribution in [0.4, 0.5) is 0 Å². The van der Waals surface area contributed by atoms with Gasteiger partial charge in [-0.25, -0.2) is 0 Å². The Kier molecular flexibility index (Phi) is 31.1. The lowest BCUT2D eigenvalue weighted by molar-refractivity contribution is -0.145. The quantitative estimate of drug-likeness (QED) is 0.123. The van der Waals surface area contributed by atoms with E-state index < -0.39 is 23.2 Å². The molecular formula is C3H15BIN3O7. The van der Waals surface area contributed by atoms with Crippen LogP contribution in [0.25, 0.3) is 0 Å². The number of carbonyl (C=O) groups is 2. The fourth-order valence-electron chi connectivity index (χ4n) is 0.106. The van der Waals surface area contributed by atoms with Gasteiger partial charge in [-0.15, -0.1) is 0 Å². The first kappa shape index (κ1) is 29.3. The fraction of sp³-hybridized carbons (Fsp3) is 0.333. The topological polar surface area (TPSA) is 240 Å². The normalized spacial score (nSPS) is 6.73. The molecule has 0 saturated carbocycles. The zero-order valence-corrected chi connectivity index (χ0v) is 9.86. The van der Waals surface area contributed by atoms with Crippen molar-refractivity contribution in [2.24, 2.45) is 0 Å². The summed E-state index contributed by atoms with van der Waals surface area (Å²) >= 11 is 1.32. The Bertz CT molecular complexity index is 153. The fourth-order valence-corrected chi connectivity index (χ4v) is 0.106. The van der Waals surface area contributed by atoms with Crippen LogP contribution in [-0.4, -0.2) is 48.5 Å². The smallest absolute Gasteiger partial charge is 0.480 e. The minimum absolute atomic E-state index is 0. The van der Waals surface area contributed by atoms with Crippen LogP contribution in [0.5, 0.6) is 0 Å². The molecule has 0 aromatic rings. The van der Waals surface area contributed by atoms with Gasteiger partial charge in [0.25, 0.3) is 0 Å². The van der Waals surface area contributed by atoms with Gasteiger partial charge in [-0.3, -0.25) is 9.59 Å². The highest BCUT2D eigenvalue weighted by Gasteiger charge is 2.20. The monoisotopic (exact) mass is 343 g/mol. The van der Waals surface area contributed by atoms with E-state index in [9.17, 15) is 9.59 Å². The Balaban J connectivity index is -0.0000000424. The molecule has 0 heterocycles. The van der Waals surface area contributed by atoms with Crippen molar-refractivity contribution in [2.45, 2.75) is 3.92 Å². The van der Waals surface area contributed by atoms with Crippen LogP contribution >= 0.6 is 22.6 Å². The molecule has 0 saturated heterocycles. The van der Waals surface area contributed by atoms with Crippen LogP contribution < -0.4 is 18.5 Å². The zero-order chi connectivity index (χ0) is 10.3. The number of aliphatic carboxylic acids is 2. The van der Waals surface area contributed by atoms with Gasteiger partial charge in [-0.05, 0) is 0 Å². The molecule has 0 rings (SSSR count). The number of alkyl halides is 1. The standard InChI is InChI=1S/C3H3IO4.BH3O3.3H3N/c4-1(2(5)6)3(7)8;2-1(3)4;;;/h1H,(H,5,6)(H,7,8);2-4H;3*1H3. The third kappa shape index (κ3) is 31.7. The van der Waals surface area contributed by atoms with E-state index in [1.165, 1.54) is 22.6 Å². The molecule has 0 aliphatic heterocycles. The van der Waals surface area contributed by atoms with E-state index in [0.29, 0.717) is 0 Å². The SMILES string of the molecule is N.N.N.O=C(O)C(I)C(=O)O.OB(O)O. The number of carboxylic acids is 2. The molecule has 15 heavy (non-hydrogen) atoms. The van der Waals surface area contributed by atoms with Crippen LogP contribution in [0, 0.1) is 0 Å². The van der Waals surface area contributed by atoms with E-state index in [4.69, 9.17) is 25.3 Å². The van der Waals surface area contributed by atoms with Gasteiger partial charge in [0.1, 0.15) is 0 Å². The van der Waals surface area contributed by atoms with E-state index in [1.807, 2.05) is 0 Å². The number of halogens is 1. The second-order valence-electron chi connectivity index (χ2n) is 1.39. The summed E-state index contributed by atoms with van der Waals surface area (Å²) in [6.45, 7) is 0. The molecule has 12 heteroatoms. The summed E-state index contributed by atoms with van der Waals surface area (Å²) in [5, 5.41) is 37.4. The highest BCUT2D eigenvalue weighted by atomic mass is 127. The largest absolute Gasteiger partial charge is 0.631 e. The third-order valence-corrected chi connectivity index (χ3v) is 1.50. The van der Waals surface area contributed by atoms with Crippen molar-refractivity contribution in [1.82, 2.24) is 18.5 Å². The summed E-state index contributed by atoms with van der Waals surface area (Å²) in [5.74, 6) is -2.64. The Hall–Kier alpha value is -0.505. The van der Waals surface area contributed by atoms with E-state index in [-0.39, 0.29) is 18.5 Å². The van der Waals surface area contributed by atoms with Gasteiger partial charge in [0, 0.05) is 0 Å². The number of hydrogen-bond acceptors (Lipinski definition) is 8. The number of rotatable bonds is 2. The minimum Gasteiger partial charge on any atom is -0.480 e. The summed E-state index contributed by atoms with van der Waals surface area (Å²) in [6.07, 6.45) is 0. The average Bonchev–Trinajstić information content (AvgIpc) is 1.84. The van der Waals surface area contributed by atoms with Crippen molar-refractivity contribution in [2.75, 3.05) is 0 Å².